The lowest BCUT2D eigenvalue weighted by Gasteiger charge is -2.33. The van der Waals surface area contributed by atoms with E-state index >= 15 is 0 Å². The van der Waals surface area contributed by atoms with Crippen LogP contribution in [-0.2, 0) is 14.6 Å². The van der Waals surface area contributed by atoms with Crippen LogP contribution in [-0.4, -0.2) is 46.1 Å². The highest BCUT2D eigenvalue weighted by atomic mass is 32.2. The molecule has 0 radical (unpaired) electrons. The highest BCUT2D eigenvalue weighted by molar-refractivity contribution is 7.90. The number of hydrogen-bond acceptors (Lipinski definition) is 5. The molecule has 0 atom stereocenters. The number of benzene rings is 1. The number of hydrogen-bond donors (Lipinski definition) is 1. The van der Waals surface area contributed by atoms with Crippen LogP contribution in [0.3, 0.4) is 0 Å². The van der Waals surface area contributed by atoms with Gasteiger partial charge in [0, 0.05) is 6.26 Å². The third-order valence-corrected chi connectivity index (χ3v) is 6.03. The molecule has 5 nitrogen and oxygen atoms in total. The topological polar surface area (TPSA) is 64.6 Å². The first-order chi connectivity index (χ1) is 11.9. The van der Waals surface area contributed by atoms with Gasteiger partial charge in [-0.2, -0.15) is 0 Å². The van der Waals surface area contributed by atoms with Crippen LogP contribution in [0.5, 0.6) is 5.75 Å². The SMILES string of the molecule is CS(=O)(=O)c1ccc(OC2CCC(OC3CCNCC3)CC2)c(F)c1. The van der Waals surface area contributed by atoms with Crippen molar-refractivity contribution in [3.05, 3.63) is 24.0 Å². The summed E-state index contributed by atoms with van der Waals surface area (Å²) < 4.78 is 49.0. The largest absolute Gasteiger partial charge is 0.487 e. The molecule has 0 unspecified atom stereocenters. The predicted molar refractivity (Wildman–Crippen MR) is 93.2 cm³/mol. The van der Waals surface area contributed by atoms with Crippen molar-refractivity contribution in [1.82, 2.24) is 5.32 Å². The van der Waals surface area contributed by atoms with Gasteiger partial charge < -0.3 is 14.8 Å². The summed E-state index contributed by atoms with van der Waals surface area (Å²) in [5, 5.41) is 3.33. The second-order valence-electron chi connectivity index (χ2n) is 6.97. The van der Waals surface area contributed by atoms with E-state index < -0.39 is 15.7 Å². The van der Waals surface area contributed by atoms with Gasteiger partial charge in [-0.3, -0.25) is 0 Å². The second kappa shape index (κ2) is 8.01. The lowest BCUT2D eigenvalue weighted by molar-refractivity contribution is -0.0550. The molecule has 25 heavy (non-hydrogen) atoms. The first kappa shape index (κ1) is 18.6. The maximum absolute atomic E-state index is 14.1. The smallest absolute Gasteiger partial charge is 0.175 e. The summed E-state index contributed by atoms with van der Waals surface area (Å²) in [5.41, 5.74) is 0. The third kappa shape index (κ3) is 5.15. The Morgan fingerprint density at radius 1 is 1.00 bits per heavy atom. The Kier molecular flexibility index (Phi) is 5.96. The van der Waals surface area contributed by atoms with Gasteiger partial charge in [0.25, 0.3) is 0 Å². The summed E-state index contributed by atoms with van der Waals surface area (Å²) in [5.74, 6) is -0.508. The quantitative estimate of drug-likeness (QED) is 0.862. The summed E-state index contributed by atoms with van der Waals surface area (Å²) >= 11 is 0. The van der Waals surface area contributed by atoms with Crippen LogP contribution in [0.15, 0.2) is 23.1 Å². The van der Waals surface area contributed by atoms with Gasteiger partial charge in [0.05, 0.1) is 23.2 Å². The molecule has 2 fully saturated rings. The molecule has 1 aliphatic heterocycles. The van der Waals surface area contributed by atoms with Crippen molar-refractivity contribution in [2.24, 2.45) is 0 Å². The van der Waals surface area contributed by atoms with Gasteiger partial charge in [-0.15, -0.1) is 0 Å². The van der Waals surface area contributed by atoms with Crippen molar-refractivity contribution in [3.8, 4) is 5.75 Å². The van der Waals surface area contributed by atoms with Gasteiger partial charge >= 0.3 is 0 Å². The summed E-state index contributed by atoms with van der Waals surface area (Å²) in [6.45, 7) is 2.04. The molecule has 1 aliphatic carbocycles. The lowest BCUT2D eigenvalue weighted by Crippen LogP contribution is -2.37. The fourth-order valence-corrected chi connectivity index (χ4v) is 4.11. The van der Waals surface area contributed by atoms with E-state index in [0.717, 1.165) is 63.9 Å². The minimum Gasteiger partial charge on any atom is -0.487 e. The Morgan fingerprint density at radius 2 is 1.60 bits per heavy atom. The lowest BCUT2D eigenvalue weighted by atomic mass is 9.94. The molecular formula is C18H26FNO4S. The van der Waals surface area contributed by atoms with Gasteiger partial charge in [0.2, 0.25) is 0 Å². The molecule has 1 saturated heterocycles. The maximum Gasteiger partial charge on any atom is 0.175 e. The third-order valence-electron chi connectivity index (χ3n) is 4.92. The number of sulfone groups is 1. The number of nitrogens with one attached hydrogen (secondary N) is 1. The number of halogens is 1. The Balaban J connectivity index is 1.50. The minimum absolute atomic E-state index is 0.0311. The first-order valence-corrected chi connectivity index (χ1v) is 10.8. The summed E-state index contributed by atoms with van der Waals surface area (Å²) in [4.78, 5) is -0.0311. The summed E-state index contributed by atoms with van der Waals surface area (Å²) in [6, 6.07) is 3.82. The van der Waals surface area contributed by atoms with Crippen LogP contribution in [0.1, 0.15) is 38.5 Å². The van der Waals surface area contributed by atoms with E-state index in [1.165, 1.54) is 12.1 Å². The highest BCUT2D eigenvalue weighted by Crippen LogP contribution is 2.29. The minimum atomic E-state index is -3.41. The van der Waals surface area contributed by atoms with Crippen molar-refractivity contribution in [1.29, 1.82) is 0 Å². The van der Waals surface area contributed by atoms with Crippen molar-refractivity contribution in [2.75, 3.05) is 19.3 Å². The Morgan fingerprint density at radius 3 is 2.20 bits per heavy atom. The zero-order valence-electron chi connectivity index (χ0n) is 14.5. The Labute approximate surface area is 148 Å². The van der Waals surface area contributed by atoms with Crippen molar-refractivity contribution in [2.45, 2.75) is 61.7 Å². The van der Waals surface area contributed by atoms with Crippen LogP contribution < -0.4 is 10.1 Å². The Hall–Kier alpha value is -1.18. The van der Waals surface area contributed by atoms with Crippen LogP contribution in [0.25, 0.3) is 0 Å². The average molecular weight is 371 g/mol. The summed E-state index contributed by atoms with van der Waals surface area (Å²) in [7, 11) is -3.41. The standard InChI is InChI=1S/C18H26FNO4S/c1-25(21,22)16-6-7-18(17(19)12-16)24-14-4-2-13(3-5-14)23-15-8-10-20-11-9-15/h6-7,12-15,20H,2-5,8-11H2,1H3. The average Bonchev–Trinajstić information content (AvgIpc) is 2.58. The molecule has 0 spiro atoms. The van der Waals surface area contributed by atoms with Crippen molar-refractivity contribution >= 4 is 9.84 Å². The van der Waals surface area contributed by atoms with E-state index in [0.29, 0.717) is 6.10 Å². The molecule has 0 amide bonds. The highest BCUT2D eigenvalue weighted by Gasteiger charge is 2.26. The van der Waals surface area contributed by atoms with Gasteiger partial charge in [0.15, 0.2) is 21.4 Å². The van der Waals surface area contributed by atoms with E-state index in [4.69, 9.17) is 9.47 Å². The Bertz CT molecular complexity index is 680. The summed E-state index contributed by atoms with van der Waals surface area (Å²) in [6.07, 6.45) is 7.23. The number of piperidine rings is 1. The molecule has 1 heterocycles. The molecule has 1 saturated carbocycles. The second-order valence-corrected chi connectivity index (χ2v) is 8.98. The first-order valence-electron chi connectivity index (χ1n) is 8.94. The fraction of sp³-hybridized carbons (Fsp3) is 0.667. The van der Waals surface area contributed by atoms with Crippen LogP contribution in [0.2, 0.25) is 0 Å². The van der Waals surface area contributed by atoms with Gasteiger partial charge in [-0.25, -0.2) is 12.8 Å². The van der Waals surface area contributed by atoms with Gasteiger partial charge in [-0.1, -0.05) is 0 Å². The molecule has 1 N–H and O–H groups in total. The van der Waals surface area contributed by atoms with E-state index in [2.05, 4.69) is 5.32 Å². The normalized spacial score (nSPS) is 25.7. The molecule has 0 bridgehead atoms. The maximum atomic E-state index is 14.1. The molecule has 3 rings (SSSR count). The van der Waals surface area contributed by atoms with E-state index in [1.807, 2.05) is 0 Å². The number of ether oxygens (including phenoxy) is 2. The van der Waals surface area contributed by atoms with Crippen molar-refractivity contribution in [3.63, 3.8) is 0 Å². The van der Waals surface area contributed by atoms with Gasteiger partial charge in [-0.05, 0) is 69.8 Å². The number of rotatable bonds is 5. The molecule has 140 valence electrons. The monoisotopic (exact) mass is 371 g/mol. The van der Waals surface area contributed by atoms with Crippen LogP contribution in [0, 0.1) is 5.82 Å². The zero-order valence-corrected chi connectivity index (χ0v) is 15.4. The van der Waals surface area contributed by atoms with E-state index in [9.17, 15) is 12.8 Å². The molecule has 0 aromatic heterocycles. The van der Waals surface area contributed by atoms with Crippen LogP contribution in [0.4, 0.5) is 4.39 Å². The predicted octanol–water partition coefficient (Wildman–Crippen LogP) is 2.69. The van der Waals surface area contributed by atoms with Crippen LogP contribution >= 0.6 is 0 Å². The van der Waals surface area contributed by atoms with E-state index in [1.54, 1.807) is 0 Å². The molecule has 1 aromatic rings. The zero-order chi connectivity index (χ0) is 17.9. The van der Waals surface area contributed by atoms with E-state index in [-0.39, 0.29) is 22.9 Å². The molecule has 2 aliphatic rings. The van der Waals surface area contributed by atoms with Crippen molar-refractivity contribution < 1.29 is 22.3 Å². The molecular weight excluding hydrogens is 345 g/mol. The molecule has 1 aromatic carbocycles. The molecule has 7 heteroatoms. The van der Waals surface area contributed by atoms with Gasteiger partial charge in [0.1, 0.15) is 0 Å². The fourth-order valence-electron chi connectivity index (χ4n) is 3.48.